The van der Waals surface area contributed by atoms with Crippen LogP contribution in [0.1, 0.15) is 11.1 Å². The Hall–Kier alpha value is -2.29. The van der Waals surface area contributed by atoms with Crippen molar-refractivity contribution in [3.8, 4) is 11.5 Å². The third-order valence-electron chi connectivity index (χ3n) is 2.58. The molecule has 3 nitrogen and oxygen atoms in total. The van der Waals surface area contributed by atoms with Gasteiger partial charge in [0.25, 0.3) is 0 Å². The lowest BCUT2D eigenvalue weighted by Gasteiger charge is -2.10. The van der Waals surface area contributed by atoms with E-state index < -0.39 is 5.97 Å². The second-order valence-electron chi connectivity index (χ2n) is 4.09. The second-order valence-corrected chi connectivity index (χ2v) is 4.09. The van der Waals surface area contributed by atoms with Crippen LogP contribution in [0.15, 0.2) is 48.5 Å². The molecule has 0 aliphatic heterocycles. The molecule has 0 bridgehead atoms. The van der Waals surface area contributed by atoms with E-state index >= 15 is 0 Å². The van der Waals surface area contributed by atoms with Crippen LogP contribution < -0.4 is 4.74 Å². The summed E-state index contributed by atoms with van der Waals surface area (Å²) in [5.41, 5.74) is 1.71. The molecule has 0 amide bonds. The number of hydrogen-bond acceptors (Lipinski definition) is 2. The fraction of sp³-hybridized carbons (Fsp3) is 0.133. The van der Waals surface area contributed by atoms with Gasteiger partial charge in [0.1, 0.15) is 11.5 Å². The van der Waals surface area contributed by atoms with E-state index in [2.05, 4.69) is 0 Å². The minimum absolute atomic E-state index is 0.00539. The van der Waals surface area contributed by atoms with E-state index in [4.69, 9.17) is 9.84 Å². The van der Waals surface area contributed by atoms with Crippen molar-refractivity contribution in [3.05, 3.63) is 59.7 Å². The summed E-state index contributed by atoms with van der Waals surface area (Å²) >= 11 is 0. The fourth-order valence-electron chi connectivity index (χ4n) is 1.65. The molecule has 0 saturated carbocycles. The Balaban J connectivity index is 2.24. The highest BCUT2D eigenvalue weighted by molar-refractivity contribution is 5.70. The van der Waals surface area contributed by atoms with Gasteiger partial charge in [0, 0.05) is 0 Å². The maximum absolute atomic E-state index is 10.7. The molecule has 2 aromatic rings. The van der Waals surface area contributed by atoms with Crippen LogP contribution in [0.25, 0.3) is 0 Å². The highest BCUT2D eigenvalue weighted by Gasteiger charge is 2.06. The van der Waals surface area contributed by atoms with Crippen molar-refractivity contribution in [3.63, 3.8) is 0 Å². The number of benzene rings is 2. The number of para-hydroxylation sites is 1. The molecule has 1 N–H and O–H groups in total. The van der Waals surface area contributed by atoms with Crippen molar-refractivity contribution < 1.29 is 14.6 Å². The van der Waals surface area contributed by atoms with Gasteiger partial charge in [-0.3, -0.25) is 4.79 Å². The molecular weight excluding hydrogens is 228 g/mol. The molecule has 3 heteroatoms. The average molecular weight is 242 g/mol. The van der Waals surface area contributed by atoms with E-state index in [9.17, 15) is 4.79 Å². The van der Waals surface area contributed by atoms with Crippen molar-refractivity contribution in [2.45, 2.75) is 13.3 Å². The van der Waals surface area contributed by atoms with Crippen LogP contribution in [0, 0.1) is 6.92 Å². The van der Waals surface area contributed by atoms with Gasteiger partial charge in [0.15, 0.2) is 0 Å². The maximum Gasteiger partial charge on any atom is 0.307 e. The zero-order valence-corrected chi connectivity index (χ0v) is 10.1. The zero-order chi connectivity index (χ0) is 13.0. The minimum Gasteiger partial charge on any atom is -0.481 e. The summed E-state index contributed by atoms with van der Waals surface area (Å²) in [7, 11) is 0. The number of hydrogen-bond donors (Lipinski definition) is 1. The van der Waals surface area contributed by atoms with Crippen molar-refractivity contribution in [2.24, 2.45) is 0 Å². The van der Waals surface area contributed by atoms with Gasteiger partial charge in [-0.1, -0.05) is 30.3 Å². The van der Waals surface area contributed by atoms with E-state index in [1.165, 1.54) is 0 Å². The van der Waals surface area contributed by atoms with E-state index in [0.717, 1.165) is 16.9 Å². The normalized spacial score (nSPS) is 10.1. The standard InChI is InChI=1S/C15H14O3/c1-11-7-8-12(10-15(16)17)9-14(11)18-13-5-3-2-4-6-13/h2-9H,10H2,1H3,(H,16,17). The van der Waals surface area contributed by atoms with Gasteiger partial charge in [0.2, 0.25) is 0 Å². The van der Waals surface area contributed by atoms with Gasteiger partial charge in [-0.25, -0.2) is 0 Å². The first-order chi connectivity index (χ1) is 8.65. The number of ether oxygens (including phenoxy) is 1. The first-order valence-electron chi connectivity index (χ1n) is 5.69. The van der Waals surface area contributed by atoms with Crippen LogP contribution >= 0.6 is 0 Å². The van der Waals surface area contributed by atoms with E-state index in [-0.39, 0.29) is 6.42 Å². The summed E-state index contributed by atoms with van der Waals surface area (Å²) in [4.78, 5) is 10.7. The lowest BCUT2D eigenvalue weighted by atomic mass is 10.1. The topological polar surface area (TPSA) is 46.5 Å². The highest BCUT2D eigenvalue weighted by atomic mass is 16.5. The molecule has 92 valence electrons. The molecule has 2 aromatic carbocycles. The van der Waals surface area contributed by atoms with Gasteiger partial charge in [-0.15, -0.1) is 0 Å². The van der Waals surface area contributed by atoms with Crippen LogP contribution in [-0.2, 0) is 11.2 Å². The second kappa shape index (κ2) is 5.36. The molecule has 0 heterocycles. The molecule has 18 heavy (non-hydrogen) atoms. The Morgan fingerprint density at radius 1 is 1.17 bits per heavy atom. The minimum atomic E-state index is -0.843. The predicted molar refractivity (Wildman–Crippen MR) is 69.0 cm³/mol. The Morgan fingerprint density at radius 3 is 2.56 bits per heavy atom. The van der Waals surface area contributed by atoms with E-state index in [1.54, 1.807) is 12.1 Å². The maximum atomic E-state index is 10.7. The average Bonchev–Trinajstić information content (AvgIpc) is 2.34. The third-order valence-corrected chi connectivity index (χ3v) is 2.58. The highest BCUT2D eigenvalue weighted by Crippen LogP contribution is 2.26. The molecule has 0 fully saturated rings. The fourth-order valence-corrected chi connectivity index (χ4v) is 1.65. The Morgan fingerprint density at radius 2 is 1.89 bits per heavy atom. The number of aryl methyl sites for hydroxylation is 1. The molecule has 0 unspecified atom stereocenters. The number of aliphatic carboxylic acids is 1. The smallest absolute Gasteiger partial charge is 0.307 e. The summed E-state index contributed by atoms with van der Waals surface area (Å²) in [5.74, 6) is 0.595. The quantitative estimate of drug-likeness (QED) is 0.893. The summed E-state index contributed by atoms with van der Waals surface area (Å²) in [6.45, 7) is 1.93. The SMILES string of the molecule is Cc1ccc(CC(=O)O)cc1Oc1ccccc1. The first-order valence-corrected chi connectivity index (χ1v) is 5.69. The predicted octanol–water partition coefficient (Wildman–Crippen LogP) is 3.41. The lowest BCUT2D eigenvalue weighted by molar-refractivity contribution is -0.136. The van der Waals surface area contributed by atoms with Gasteiger partial charge in [0.05, 0.1) is 6.42 Å². The molecule has 0 aliphatic carbocycles. The molecular formula is C15H14O3. The molecule has 0 radical (unpaired) electrons. The van der Waals surface area contributed by atoms with Crippen LogP contribution in [0.2, 0.25) is 0 Å². The molecule has 0 atom stereocenters. The molecule has 0 aliphatic rings. The largest absolute Gasteiger partial charge is 0.481 e. The first kappa shape index (κ1) is 12.2. The summed E-state index contributed by atoms with van der Waals surface area (Å²) in [6, 6.07) is 14.9. The zero-order valence-electron chi connectivity index (χ0n) is 10.1. The molecule has 0 saturated heterocycles. The Kier molecular flexibility index (Phi) is 3.63. The van der Waals surface area contributed by atoms with E-state index in [1.807, 2.05) is 43.3 Å². The van der Waals surface area contributed by atoms with Gasteiger partial charge < -0.3 is 9.84 Å². The Bertz CT molecular complexity index is 547. The summed E-state index contributed by atoms with van der Waals surface area (Å²) < 4.78 is 5.74. The van der Waals surface area contributed by atoms with Gasteiger partial charge in [-0.05, 0) is 36.2 Å². The molecule has 0 spiro atoms. The van der Waals surface area contributed by atoms with Crippen LogP contribution in [-0.4, -0.2) is 11.1 Å². The number of carboxylic acids is 1. The van der Waals surface area contributed by atoms with E-state index in [0.29, 0.717) is 5.75 Å². The van der Waals surface area contributed by atoms with Crippen molar-refractivity contribution in [2.75, 3.05) is 0 Å². The van der Waals surface area contributed by atoms with Crippen molar-refractivity contribution >= 4 is 5.97 Å². The monoisotopic (exact) mass is 242 g/mol. The van der Waals surface area contributed by atoms with Gasteiger partial charge in [-0.2, -0.15) is 0 Å². The van der Waals surface area contributed by atoms with Crippen LogP contribution in [0.4, 0.5) is 0 Å². The van der Waals surface area contributed by atoms with Crippen LogP contribution in [0.5, 0.6) is 11.5 Å². The molecule has 0 aromatic heterocycles. The Labute approximate surface area is 106 Å². The third kappa shape index (κ3) is 3.10. The number of carboxylic acid groups (broad SMARTS) is 1. The van der Waals surface area contributed by atoms with Crippen molar-refractivity contribution in [1.82, 2.24) is 0 Å². The lowest BCUT2D eigenvalue weighted by Crippen LogP contribution is -2.00. The van der Waals surface area contributed by atoms with Gasteiger partial charge >= 0.3 is 5.97 Å². The van der Waals surface area contributed by atoms with Crippen LogP contribution in [0.3, 0.4) is 0 Å². The summed E-state index contributed by atoms with van der Waals surface area (Å²) in [6.07, 6.45) is 0.00539. The number of carbonyl (C=O) groups is 1. The van der Waals surface area contributed by atoms with Crippen molar-refractivity contribution in [1.29, 1.82) is 0 Å². The number of rotatable bonds is 4. The molecule has 2 rings (SSSR count). The summed E-state index contributed by atoms with van der Waals surface area (Å²) in [5, 5.41) is 8.78.